The monoisotopic (exact) mass is 353 g/mol. The van der Waals surface area contributed by atoms with Crippen molar-refractivity contribution >= 4 is 11.9 Å². The Hall–Kier alpha value is -1.30. The van der Waals surface area contributed by atoms with Crippen LogP contribution in [0.4, 0.5) is 0 Å². The average Bonchev–Trinajstić information content (AvgIpc) is 3.29. The molecule has 0 aliphatic heterocycles. The van der Waals surface area contributed by atoms with Crippen molar-refractivity contribution in [1.29, 1.82) is 0 Å². The zero-order valence-electron chi connectivity index (χ0n) is 16.0. The number of ether oxygens (including phenoxy) is 2. The molecule has 2 aliphatic rings. The first-order chi connectivity index (χ1) is 12.2. The summed E-state index contributed by atoms with van der Waals surface area (Å²) in [7, 11) is 2.02. The molecule has 2 aliphatic carbocycles. The number of esters is 1. The molecule has 2 saturated carbocycles. The maximum atomic E-state index is 11.8. The van der Waals surface area contributed by atoms with E-state index in [1.807, 2.05) is 7.05 Å². The molecule has 0 amide bonds. The second-order valence-electron chi connectivity index (χ2n) is 7.18. The van der Waals surface area contributed by atoms with Gasteiger partial charge in [-0.15, -0.1) is 0 Å². The first-order valence-corrected chi connectivity index (χ1v) is 9.95. The van der Waals surface area contributed by atoms with Crippen molar-refractivity contribution in [3.05, 3.63) is 0 Å². The van der Waals surface area contributed by atoms with Gasteiger partial charge in [0.05, 0.1) is 6.61 Å². The summed E-state index contributed by atoms with van der Waals surface area (Å²) in [5.74, 6) is 1.60. The van der Waals surface area contributed by atoms with Crippen LogP contribution in [-0.2, 0) is 14.3 Å². The second kappa shape index (κ2) is 11.3. The molecule has 25 heavy (non-hydrogen) atoms. The van der Waals surface area contributed by atoms with E-state index in [-0.39, 0.29) is 12.1 Å². The number of carbonyl (C=O) groups is 1. The molecule has 0 radical (unpaired) electrons. The maximum Gasteiger partial charge on any atom is 0.306 e. The van der Waals surface area contributed by atoms with E-state index < -0.39 is 0 Å². The van der Waals surface area contributed by atoms with Crippen molar-refractivity contribution < 1.29 is 14.3 Å². The molecule has 0 unspecified atom stereocenters. The number of guanidine groups is 1. The highest BCUT2D eigenvalue weighted by Gasteiger charge is 2.21. The van der Waals surface area contributed by atoms with Crippen LogP contribution in [0.2, 0.25) is 0 Å². The minimum atomic E-state index is -0.0751. The van der Waals surface area contributed by atoms with Crippen molar-refractivity contribution in [2.75, 3.05) is 39.9 Å². The molecular weight excluding hydrogens is 318 g/mol. The van der Waals surface area contributed by atoms with Gasteiger partial charge in [0.2, 0.25) is 0 Å². The van der Waals surface area contributed by atoms with Gasteiger partial charge in [0, 0.05) is 39.7 Å². The molecule has 0 aromatic rings. The largest absolute Gasteiger partial charge is 0.462 e. The summed E-state index contributed by atoms with van der Waals surface area (Å²) in [6.45, 7) is 5.97. The fraction of sp³-hybridized carbons (Fsp3) is 0.895. The molecule has 144 valence electrons. The number of nitrogens with zero attached hydrogens (tertiary/aromatic N) is 2. The number of aliphatic imine (C=N–C) groups is 1. The van der Waals surface area contributed by atoms with E-state index in [9.17, 15) is 4.79 Å². The van der Waals surface area contributed by atoms with Gasteiger partial charge in [-0.05, 0) is 57.8 Å². The Labute approximate surface area is 152 Å². The number of hydrogen-bond donors (Lipinski definition) is 1. The number of carbonyl (C=O) groups excluding carboxylic acids is 1. The van der Waals surface area contributed by atoms with Gasteiger partial charge in [0.1, 0.15) is 6.10 Å². The molecule has 0 atom stereocenters. The van der Waals surface area contributed by atoms with Crippen LogP contribution in [0.1, 0.15) is 58.3 Å². The third-order valence-electron chi connectivity index (χ3n) is 4.72. The van der Waals surface area contributed by atoms with Crippen LogP contribution in [0.3, 0.4) is 0 Å². The van der Waals surface area contributed by atoms with Crippen molar-refractivity contribution in [2.24, 2.45) is 10.9 Å². The maximum absolute atomic E-state index is 11.8. The normalized spacial score (nSPS) is 18.4. The summed E-state index contributed by atoms with van der Waals surface area (Å²) in [5.41, 5.74) is 0. The third kappa shape index (κ3) is 8.56. The Kier molecular flexibility index (Phi) is 9.08. The average molecular weight is 354 g/mol. The van der Waals surface area contributed by atoms with E-state index in [1.165, 1.54) is 25.7 Å². The molecule has 2 fully saturated rings. The number of nitrogens with one attached hydrogen (secondary N) is 1. The summed E-state index contributed by atoms with van der Waals surface area (Å²) in [6, 6.07) is 0. The van der Waals surface area contributed by atoms with Crippen LogP contribution < -0.4 is 5.32 Å². The van der Waals surface area contributed by atoms with Crippen LogP contribution in [0, 0.1) is 5.92 Å². The molecule has 0 aromatic carbocycles. The summed E-state index contributed by atoms with van der Waals surface area (Å²) in [4.78, 5) is 18.5. The van der Waals surface area contributed by atoms with E-state index in [4.69, 9.17) is 9.47 Å². The SMILES string of the molecule is CCNC(=NCCCC(=O)OC1CCCC1)N(C)CCOCC1CC1. The minimum absolute atomic E-state index is 0.0751. The highest BCUT2D eigenvalue weighted by Crippen LogP contribution is 2.28. The number of hydrogen-bond acceptors (Lipinski definition) is 4. The van der Waals surface area contributed by atoms with Crippen LogP contribution >= 0.6 is 0 Å². The summed E-state index contributed by atoms with van der Waals surface area (Å²) in [6.07, 6.45) is 8.42. The van der Waals surface area contributed by atoms with E-state index in [0.29, 0.717) is 13.0 Å². The predicted octanol–water partition coefficient (Wildman–Crippen LogP) is 2.58. The Morgan fingerprint density at radius 3 is 2.68 bits per heavy atom. The van der Waals surface area contributed by atoms with Gasteiger partial charge < -0.3 is 19.7 Å². The number of rotatable bonds is 11. The molecular formula is C19H35N3O3. The Bertz CT molecular complexity index is 418. The van der Waals surface area contributed by atoms with Crippen LogP contribution in [0.15, 0.2) is 4.99 Å². The van der Waals surface area contributed by atoms with Gasteiger partial charge in [-0.2, -0.15) is 0 Å². The van der Waals surface area contributed by atoms with E-state index in [0.717, 1.165) is 57.4 Å². The van der Waals surface area contributed by atoms with Crippen LogP contribution in [0.5, 0.6) is 0 Å². The zero-order valence-corrected chi connectivity index (χ0v) is 16.0. The van der Waals surface area contributed by atoms with Gasteiger partial charge >= 0.3 is 5.97 Å². The van der Waals surface area contributed by atoms with E-state index in [1.54, 1.807) is 0 Å². The third-order valence-corrected chi connectivity index (χ3v) is 4.72. The van der Waals surface area contributed by atoms with Crippen molar-refractivity contribution in [3.8, 4) is 0 Å². The lowest BCUT2D eigenvalue weighted by Gasteiger charge is -2.22. The van der Waals surface area contributed by atoms with Gasteiger partial charge in [-0.1, -0.05) is 0 Å². The fourth-order valence-electron chi connectivity index (χ4n) is 2.97. The number of likely N-dealkylation sites (N-methyl/N-ethyl adjacent to an activating group) is 1. The molecule has 0 bridgehead atoms. The first kappa shape index (κ1) is 20.0. The Morgan fingerprint density at radius 2 is 2.00 bits per heavy atom. The van der Waals surface area contributed by atoms with Crippen molar-refractivity contribution in [1.82, 2.24) is 10.2 Å². The zero-order chi connectivity index (χ0) is 17.9. The van der Waals surface area contributed by atoms with Crippen molar-refractivity contribution in [3.63, 3.8) is 0 Å². The molecule has 0 heterocycles. The molecule has 0 aromatic heterocycles. The smallest absolute Gasteiger partial charge is 0.306 e. The summed E-state index contributed by atoms with van der Waals surface area (Å²) in [5, 5.41) is 3.30. The van der Waals surface area contributed by atoms with Crippen LogP contribution in [-0.4, -0.2) is 62.8 Å². The van der Waals surface area contributed by atoms with Gasteiger partial charge in [-0.25, -0.2) is 0 Å². The topological polar surface area (TPSA) is 63.2 Å². The van der Waals surface area contributed by atoms with Gasteiger partial charge in [0.15, 0.2) is 5.96 Å². The van der Waals surface area contributed by atoms with E-state index >= 15 is 0 Å². The lowest BCUT2D eigenvalue weighted by atomic mass is 10.3. The summed E-state index contributed by atoms with van der Waals surface area (Å²) < 4.78 is 11.2. The quantitative estimate of drug-likeness (QED) is 0.268. The molecule has 2 rings (SSSR count). The highest BCUT2D eigenvalue weighted by atomic mass is 16.5. The predicted molar refractivity (Wildman–Crippen MR) is 99.7 cm³/mol. The molecule has 6 nitrogen and oxygen atoms in total. The fourth-order valence-corrected chi connectivity index (χ4v) is 2.97. The van der Waals surface area contributed by atoms with Crippen molar-refractivity contribution in [2.45, 2.75) is 64.4 Å². The Morgan fingerprint density at radius 1 is 1.24 bits per heavy atom. The highest BCUT2D eigenvalue weighted by molar-refractivity contribution is 5.79. The van der Waals surface area contributed by atoms with Gasteiger partial charge in [0.25, 0.3) is 0 Å². The van der Waals surface area contributed by atoms with E-state index in [2.05, 4.69) is 22.1 Å². The van der Waals surface area contributed by atoms with Crippen LogP contribution in [0.25, 0.3) is 0 Å². The molecule has 6 heteroatoms. The second-order valence-corrected chi connectivity index (χ2v) is 7.18. The standard InChI is InChI=1S/C19H35N3O3/c1-3-20-19(22(2)13-14-24-15-16-10-11-16)21-12-6-9-18(23)25-17-7-4-5-8-17/h16-17H,3-15H2,1-2H3,(H,20,21). The lowest BCUT2D eigenvalue weighted by Crippen LogP contribution is -2.40. The summed E-state index contributed by atoms with van der Waals surface area (Å²) >= 11 is 0. The Balaban J connectivity index is 1.60. The molecule has 0 spiro atoms. The minimum Gasteiger partial charge on any atom is -0.462 e. The molecule has 1 N–H and O–H groups in total. The first-order valence-electron chi connectivity index (χ1n) is 9.95. The molecule has 0 saturated heterocycles. The lowest BCUT2D eigenvalue weighted by molar-refractivity contribution is -0.148. The van der Waals surface area contributed by atoms with Gasteiger partial charge in [-0.3, -0.25) is 9.79 Å².